The van der Waals surface area contributed by atoms with E-state index in [4.69, 9.17) is 9.84 Å². The van der Waals surface area contributed by atoms with Crippen LogP contribution >= 0.6 is 0 Å². The number of ether oxygens (including phenoxy) is 1. The largest absolute Gasteiger partial charge is 0.482 e. The molecule has 0 radical (unpaired) electrons. The first kappa shape index (κ1) is 17.5. The van der Waals surface area contributed by atoms with Gasteiger partial charge in [0.2, 0.25) is 0 Å². The molecule has 126 valence electrons. The number of rotatable bonds is 6. The maximum atomic E-state index is 12.5. The van der Waals surface area contributed by atoms with Crippen LogP contribution in [0.2, 0.25) is 0 Å². The minimum Gasteiger partial charge on any atom is -0.482 e. The Labute approximate surface area is 141 Å². The predicted octanol–water partition coefficient (Wildman–Crippen LogP) is 3.55. The van der Waals surface area contributed by atoms with Crippen molar-refractivity contribution in [1.82, 2.24) is 0 Å². The monoisotopic (exact) mass is 327 g/mol. The van der Waals surface area contributed by atoms with E-state index in [9.17, 15) is 9.59 Å². The van der Waals surface area contributed by atoms with Gasteiger partial charge in [-0.15, -0.1) is 0 Å². The van der Waals surface area contributed by atoms with Gasteiger partial charge >= 0.3 is 5.97 Å². The second kappa shape index (κ2) is 7.64. The number of hydrogen-bond donors (Lipinski definition) is 1. The normalized spacial score (nSPS) is 10.5. The second-order valence-electron chi connectivity index (χ2n) is 5.82. The van der Waals surface area contributed by atoms with Gasteiger partial charge in [0.25, 0.3) is 5.91 Å². The summed E-state index contributed by atoms with van der Waals surface area (Å²) in [6.45, 7) is 3.82. The molecule has 2 rings (SSSR count). The number of aliphatic carboxylic acids is 1. The summed E-state index contributed by atoms with van der Waals surface area (Å²) in [6.07, 6.45) is 0. The van der Waals surface area contributed by atoms with Crippen LogP contribution in [0.4, 0.5) is 5.69 Å². The number of carbonyl (C=O) groups excluding carboxylic acids is 1. The van der Waals surface area contributed by atoms with Crippen molar-refractivity contribution in [3.8, 4) is 5.75 Å². The molecule has 2 aromatic carbocycles. The van der Waals surface area contributed by atoms with E-state index in [0.29, 0.717) is 22.9 Å². The molecule has 0 aromatic heterocycles. The molecule has 0 saturated carbocycles. The summed E-state index contributed by atoms with van der Waals surface area (Å²) in [7, 11) is 1.70. The van der Waals surface area contributed by atoms with Crippen LogP contribution < -0.4 is 9.64 Å². The van der Waals surface area contributed by atoms with Crippen LogP contribution in [0.3, 0.4) is 0 Å². The Morgan fingerprint density at radius 1 is 1.04 bits per heavy atom. The van der Waals surface area contributed by atoms with E-state index in [1.807, 2.05) is 24.3 Å². The molecule has 5 nitrogen and oxygen atoms in total. The first-order valence-corrected chi connectivity index (χ1v) is 7.71. The van der Waals surface area contributed by atoms with Crippen molar-refractivity contribution in [3.05, 3.63) is 59.7 Å². The summed E-state index contributed by atoms with van der Waals surface area (Å²) in [5, 5.41) is 8.59. The molecule has 5 heteroatoms. The fourth-order valence-electron chi connectivity index (χ4n) is 2.23. The first-order chi connectivity index (χ1) is 11.4. The lowest BCUT2D eigenvalue weighted by Gasteiger charge is -2.18. The number of benzene rings is 2. The van der Waals surface area contributed by atoms with Crippen LogP contribution in [-0.4, -0.2) is 30.6 Å². The molecule has 1 N–H and O–H groups in total. The van der Waals surface area contributed by atoms with Gasteiger partial charge in [0, 0.05) is 18.3 Å². The summed E-state index contributed by atoms with van der Waals surface area (Å²) in [6, 6.07) is 14.3. The summed E-state index contributed by atoms with van der Waals surface area (Å²) < 4.78 is 5.08. The summed E-state index contributed by atoms with van der Waals surface area (Å²) >= 11 is 0. The third-order valence-corrected chi connectivity index (χ3v) is 3.72. The number of carbonyl (C=O) groups is 2. The van der Waals surface area contributed by atoms with Crippen LogP contribution in [0.5, 0.6) is 5.75 Å². The lowest BCUT2D eigenvalue weighted by molar-refractivity contribution is -0.139. The SMILES string of the molecule is CC(C)c1ccc(C(=O)N(C)c2ccc(OCC(=O)O)cc2)cc1. The Morgan fingerprint density at radius 2 is 1.62 bits per heavy atom. The van der Waals surface area contributed by atoms with Gasteiger partial charge < -0.3 is 14.7 Å². The average Bonchev–Trinajstić information content (AvgIpc) is 2.59. The number of hydrogen-bond acceptors (Lipinski definition) is 3. The first-order valence-electron chi connectivity index (χ1n) is 7.71. The molecular weight excluding hydrogens is 306 g/mol. The number of carboxylic acid groups (broad SMARTS) is 1. The zero-order valence-electron chi connectivity index (χ0n) is 14.0. The molecule has 0 aliphatic rings. The zero-order valence-corrected chi connectivity index (χ0v) is 14.0. The molecule has 2 aromatic rings. The highest BCUT2D eigenvalue weighted by molar-refractivity contribution is 6.05. The molecule has 24 heavy (non-hydrogen) atoms. The van der Waals surface area contributed by atoms with Gasteiger partial charge in [-0.05, 0) is 47.9 Å². The van der Waals surface area contributed by atoms with E-state index >= 15 is 0 Å². The van der Waals surface area contributed by atoms with Crippen LogP contribution in [0.15, 0.2) is 48.5 Å². The van der Waals surface area contributed by atoms with Gasteiger partial charge in [-0.1, -0.05) is 26.0 Å². The molecule has 0 spiro atoms. The standard InChI is InChI=1S/C19H21NO4/c1-13(2)14-4-6-15(7-5-14)19(23)20(3)16-8-10-17(11-9-16)24-12-18(21)22/h4-11,13H,12H2,1-3H3,(H,21,22). The van der Waals surface area contributed by atoms with Crippen LogP contribution in [0.1, 0.15) is 35.7 Å². The fraction of sp³-hybridized carbons (Fsp3) is 0.263. The summed E-state index contributed by atoms with van der Waals surface area (Å²) in [5.74, 6) is -0.269. The van der Waals surface area contributed by atoms with Gasteiger partial charge in [-0.2, -0.15) is 0 Å². The Morgan fingerprint density at radius 3 is 2.12 bits per heavy atom. The number of carboxylic acids is 1. The van der Waals surface area contributed by atoms with Crippen molar-refractivity contribution < 1.29 is 19.4 Å². The van der Waals surface area contributed by atoms with E-state index < -0.39 is 12.6 Å². The Balaban J connectivity index is 2.08. The predicted molar refractivity (Wildman–Crippen MR) is 92.8 cm³/mol. The quantitative estimate of drug-likeness (QED) is 0.881. The van der Waals surface area contributed by atoms with Crippen molar-refractivity contribution in [1.29, 1.82) is 0 Å². The van der Waals surface area contributed by atoms with Crippen LogP contribution in [0, 0.1) is 0 Å². The minimum absolute atomic E-state index is 0.107. The molecule has 0 saturated heterocycles. The van der Waals surface area contributed by atoms with E-state index in [2.05, 4.69) is 13.8 Å². The van der Waals surface area contributed by atoms with Gasteiger partial charge in [0.05, 0.1) is 0 Å². The molecule has 0 aliphatic heterocycles. The third kappa shape index (κ3) is 4.35. The lowest BCUT2D eigenvalue weighted by atomic mass is 10.0. The van der Waals surface area contributed by atoms with Crippen molar-refractivity contribution in [3.63, 3.8) is 0 Å². The number of anilines is 1. The lowest BCUT2D eigenvalue weighted by Crippen LogP contribution is -2.26. The van der Waals surface area contributed by atoms with E-state index in [0.717, 1.165) is 0 Å². The van der Waals surface area contributed by atoms with Crippen molar-refractivity contribution >= 4 is 17.6 Å². The zero-order chi connectivity index (χ0) is 17.7. The molecule has 0 aliphatic carbocycles. The van der Waals surface area contributed by atoms with Crippen molar-refractivity contribution in [2.45, 2.75) is 19.8 Å². The third-order valence-electron chi connectivity index (χ3n) is 3.72. The molecule has 0 unspecified atom stereocenters. The van der Waals surface area contributed by atoms with E-state index in [1.165, 1.54) is 5.56 Å². The summed E-state index contributed by atoms with van der Waals surface area (Å²) in [4.78, 5) is 24.6. The van der Waals surface area contributed by atoms with Gasteiger partial charge in [-0.25, -0.2) is 4.79 Å². The number of amides is 1. The smallest absolute Gasteiger partial charge is 0.341 e. The highest BCUT2D eigenvalue weighted by Gasteiger charge is 2.14. The highest BCUT2D eigenvalue weighted by Crippen LogP contribution is 2.21. The van der Waals surface area contributed by atoms with Crippen molar-refractivity contribution in [2.24, 2.45) is 0 Å². The van der Waals surface area contributed by atoms with Gasteiger partial charge in [0.1, 0.15) is 5.75 Å². The maximum Gasteiger partial charge on any atom is 0.341 e. The molecule has 1 amide bonds. The van der Waals surface area contributed by atoms with Crippen LogP contribution in [-0.2, 0) is 4.79 Å². The summed E-state index contributed by atoms with van der Waals surface area (Å²) in [5.41, 5.74) is 2.51. The van der Waals surface area contributed by atoms with Crippen LogP contribution in [0.25, 0.3) is 0 Å². The Bertz CT molecular complexity index is 705. The Hall–Kier alpha value is -2.82. The van der Waals surface area contributed by atoms with Crippen molar-refractivity contribution in [2.75, 3.05) is 18.6 Å². The molecule has 0 bridgehead atoms. The molecule has 0 fully saturated rings. The van der Waals surface area contributed by atoms with E-state index in [1.54, 1.807) is 36.2 Å². The Kier molecular flexibility index (Phi) is 5.58. The molecular formula is C19H21NO4. The maximum absolute atomic E-state index is 12.5. The average molecular weight is 327 g/mol. The van der Waals surface area contributed by atoms with Gasteiger partial charge in [-0.3, -0.25) is 4.79 Å². The second-order valence-corrected chi connectivity index (χ2v) is 5.82. The molecule has 0 heterocycles. The molecule has 0 atom stereocenters. The number of nitrogens with zero attached hydrogens (tertiary/aromatic N) is 1. The van der Waals surface area contributed by atoms with Gasteiger partial charge in [0.15, 0.2) is 6.61 Å². The topological polar surface area (TPSA) is 66.8 Å². The highest BCUT2D eigenvalue weighted by atomic mass is 16.5. The minimum atomic E-state index is -1.03. The fourth-order valence-corrected chi connectivity index (χ4v) is 2.23. The van der Waals surface area contributed by atoms with E-state index in [-0.39, 0.29) is 5.91 Å².